The largest absolute Gasteiger partial charge is 0.355 e. The second kappa shape index (κ2) is 5.92. The number of fused-ring (bicyclic) bond motifs is 1. The van der Waals surface area contributed by atoms with Crippen LogP contribution in [-0.2, 0) is 10.0 Å². The van der Waals surface area contributed by atoms with Crippen LogP contribution in [0.1, 0.15) is 10.4 Å². The lowest BCUT2D eigenvalue weighted by Gasteiger charge is -2.09. The van der Waals surface area contributed by atoms with E-state index < -0.39 is 10.0 Å². The van der Waals surface area contributed by atoms with Gasteiger partial charge in [-0.25, -0.2) is 13.1 Å². The standard InChI is InChI=1S/C13H17N3O3S.ClH/c1-14-13(17)8-2-4-9(5-3-8)20(18,19)16-12-10-6-15-7-11(10)12;/h2-5,10-12,15-16H,6-7H2,1H3,(H,14,17);1H. The van der Waals surface area contributed by atoms with Crippen molar-refractivity contribution in [1.29, 1.82) is 0 Å². The monoisotopic (exact) mass is 331 g/mol. The Bertz CT molecular complexity index is 623. The molecule has 1 saturated heterocycles. The second-order valence-corrected chi connectivity index (χ2v) is 6.95. The van der Waals surface area contributed by atoms with Crippen molar-refractivity contribution >= 4 is 28.3 Å². The molecule has 3 rings (SSSR count). The molecule has 2 fully saturated rings. The van der Waals surface area contributed by atoms with E-state index in [1.165, 1.54) is 31.3 Å². The van der Waals surface area contributed by atoms with Crippen molar-refractivity contribution in [3.63, 3.8) is 0 Å². The summed E-state index contributed by atoms with van der Waals surface area (Å²) in [7, 11) is -1.96. The fourth-order valence-corrected chi connectivity index (χ4v) is 4.11. The SMILES string of the molecule is CNC(=O)c1ccc(S(=O)(=O)NC2C3CNCC32)cc1.Cl. The van der Waals surface area contributed by atoms with Crippen LogP contribution in [0.25, 0.3) is 0 Å². The molecular formula is C13H18ClN3O3S. The van der Waals surface area contributed by atoms with Crippen molar-refractivity contribution in [3.8, 4) is 0 Å². The first-order valence-corrected chi connectivity index (χ1v) is 8.06. The van der Waals surface area contributed by atoms with E-state index in [9.17, 15) is 13.2 Å². The number of amides is 1. The number of halogens is 1. The van der Waals surface area contributed by atoms with Crippen LogP contribution in [0, 0.1) is 11.8 Å². The van der Waals surface area contributed by atoms with E-state index in [2.05, 4.69) is 15.4 Å². The Hall–Kier alpha value is -1.15. The Labute approximate surface area is 130 Å². The van der Waals surface area contributed by atoms with Crippen molar-refractivity contribution < 1.29 is 13.2 Å². The van der Waals surface area contributed by atoms with Gasteiger partial charge in [-0.2, -0.15) is 0 Å². The van der Waals surface area contributed by atoms with Crippen LogP contribution in [0.5, 0.6) is 0 Å². The Morgan fingerprint density at radius 3 is 2.29 bits per heavy atom. The summed E-state index contributed by atoms with van der Waals surface area (Å²) in [6, 6.07) is 6.01. The number of nitrogens with one attached hydrogen (secondary N) is 3. The lowest BCUT2D eigenvalue weighted by Crippen LogP contribution is -2.32. The number of carbonyl (C=O) groups excluding carboxylic acids is 1. The molecule has 0 aromatic heterocycles. The summed E-state index contributed by atoms with van der Waals surface area (Å²) in [6.45, 7) is 1.76. The molecule has 0 spiro atoms. The zero-order chi connectivity index (χ0) is 14.3. The third-order valence-corrected chi connectivity index (χ3v) is 5.51. The molecule has 1 aromatic carbocycles. The van der Waals surface area contributed by atoms with Crippen molar-refractivity contribution in [2.45, 2.75) is 10.9 Å². The Morgan fingerprint density at radius 2 is 1.76 bits per heavy atom. The summed E-state index contributed by atoms with van der Waals surface area (Å²) in [5, 5.41) is 5.72. The summed E-state index contributed by atoms with van der Waals surface area (Å²) in [5.41, 5.74) is 0.443. The van der Waals surface area contributed by atoms with Gasteiger partial charge < -0.3 is 10.6 Å². The molecular weight excluding hydrogens is 314 g/mol. The molecule has 1 aromatic rings. The van der Waals surface area contributed by atoms with Gasteiger partial charge >= 0.3 is 0 Å². The topological polar surface area (TPSA) is 87.3 Å². The molecule has 8 heteroatoms. The van der Waals surface area contributed by atoms with Gasteiger partial charge in [-0.3, -0.25) is 4.79 Å². The summed E-state index contributed by atoms with van der Waals surface area (Å²) in [6.07, 6.45) is 0. The molecule has 1 aliphatic heterocycles. The molecule has 1 saturated carbocycles. The second-order valence-electron chi connectivity index (χ2n) is 5.24. The molecule has 1 amide bonds. The lowest BCUT2D eigenvalue weighted by molar-refractivity contribution is 0.0963. The highest BCUT2D eigenvalue weighted by Crippen LogP contribution is 2.42. The zero-order valence-corrected chi connectivity index (χ0v) is 13.1. The van der Waals surface area contributed by atoms with E-state index in [1.807, 2.05) is 0 Å². The number of hydrogen-bond acceptors (Lipinski definition) is 4. The van der Waals surface area contributed by atoms with Gasteiger partial charge in [0.05, 0.1) is 4.90 Å². The van der Waals surface area contributed by atoms with Gasteiger partial charge in [-0.15, -0.1) is 12.4 Å². The first kappa shape index (κ1) is 16.2. The quantitative estimate of drug-likeness (QED) is 0.723. The van der Waals surface area contributed by atoms with E-state index in [-0.39, 0.29) is 29.3 Å². The van der Waals surface area contributed by atoms with E-state index in [0.29, 0.717) is 17.4 Å². The van der Waals surface area contributed by atoms with Gasteiger partial charge in [-0.1, -0.05) is 0 Å². The van der Waals surface area contributed by atoms with Crippen LogP contribution < -0.4 is 15.4 Å². The normalized spacial score (nSPS) is 26.6. The van der Waals surface area contributed by atoms with Gasteiger partial charge in [0.25, 0.3) is 5.91 Å². The maximum absolute atomic E-state index is 12.2. The maximum atomic E-state index is 12.2. The Balaban J connectivity index is 0.00000161. The summed E-state index contributed by atoms with van der Waals surface area (Å²) < 4.78 is 27.2. The maximum Gasteiger partial charge on any atom is 0.251 e. The first-order chi connectivity index (χ1) is 9.53. The Kier molecular flexibility index (Phi) is 4.57. The molecule has 0 bridgehead atoms. The van der Waals surface area contributed by atoms with Gasteiger partial charge in [0.15, 0.2) is 0 Å². The minimum atomic E-state index is -3.50. The van der Waals surface area contributed by atoms with Crippen molar-refractivity contribution in [2.75, 3.05) is 20.1 Å². The van der Waals surface area contributed by atoms with Crippen LogP contribution in [0.15, 0.2) is 29.2 Å². The van der Waals surface area contributed by atoms with Crippen molar-refractivity contribution in [1.82, 2.24) is 15.4 Å². The summed E-state index contributed by atoms with van der Waals surface area (Å²) in [5.74, 6) is 0.620. The average Bonchev–Trinajstić information content (AvgIpc) is 2.89. The molecule has 3 N–H and O–H groups in total. The highest BCUT2D eigenvalue weighted by molar-refractivity contribution is 7.89. The van der Waals surface area contributed by atoms with Gasteiger partial charge in [0.1, 0.15) is 0 Å². The fourth-order valence-electron chi connectivity index (χ4n) is 2.77. The zero-order valence-electron chi connectivity index (χ0n) is 11.5. The highest BCUT2D eigenvalue weighted by atomic mass is 35.5. The predicted octanol–water partition coefficient (Wildman–Crippen LogP) is -0.0359. The molecule has 6 nitrogen and oxygen atoms in total. The van der Waals surface area contributed by atoms with Crippen LogP contribution >= 0.6 is 12.4 Å². The molecule has 2 aliphatic rings. The van der Waals surface area contributed by atoms with Gasteiger partial charge in [0, 0.05) is 18.7 Å². The first-order valence-electron chi connectivity index (χ1n) is 6.58. The van der Waals surface area contributed by atoms with Crippen LogP contribution in [0.2, 0.25) is 0 Å². The number of benzene rings is 1. The van der Waals surface area contributed by atoms with Crippen molar-refractivity contribution in [2.24, 2.45) is 11.8 Å². The number of rotatable bonds is 4. The van der Waals surface area contributed by atoms with Gasteiger partial charge in [-0.05, 0) is 49.2 Å². The number of carbonyl (C=O) groups is 1. The predicted molar refractivity (Wildman–Crippen MR) is 81.0 cm³/mol. The number of piperidine rings is 1. The molecule has 2 unspecified atom stereocenters. The molecule has 2 atom stereocenters. The van der Waals surface area contributed by atoms with Crippen LogP contribution in [0.4, 0.5) is 0 Å². The third kappa shape index (κ3) is 3.06. The third-order valence-electron chi connectivity index (χ3n) is 4.04. The molecule has 21 heavy (non-hydrogen) atoms. The summed E-state index contributed by atoms with van der Waals surface area (Å²) in [4.78, 5) is 11.6. The Morgan fingerprint density at radius 1 is 1.19 bits per heavy atom. The molecule has 116 valence electrons. The fraction of sp³-hybridized carbons (Fsp3) is 0.462. The van der Waals surface area contributed by atoms with E-state index in [1.54, 1.807) is 0 Å². The molecule has 0 radical (unpaired) electrons. The smallest absolute Gasteiger partial charge is 0.251 e. The van der Waals surface area contributed by atoms with Gasteiger partial charge in [0.2, 0.25) is 10.0 Å². The molecule has 1 heterocycles. The van der Waals surface area contributed by atoms with Crippen LogP contribution in [0.3, 0.4) is 0 Å². The minimum Gasteiger partial charge on any atom is -0.355 e. The highest BCUT2D eigenvalue weighted by Gasteiger charge is 2.54. The summed E-state index contributed by atoms with van der Waals surface area (Å²) >= 11 is 0. The average molecular weight is 332 g/mol. The van der Waals surface area contributed by atoms with Crippen LogP contribution in [-0.4, -0.2) is 40.5 Å². The van der Waals surface area contributed by atoms with E-state index >= 15 is 0 Å². The van der Waals surface area contributed by atoms with E-state index in [0.717, 1.165) is 13.1 Å². The van der Waals surface area contributed by atoms with E-state index in [4.69, 9.17) is 0 Å². The minimum absolute atomic E-state index is 0. The molecule has 1 aliphatic carbocycles. The number of sulfonamides is 1. The van der Waals surface area contributed by atoms with Crippen molar-refractivity contribution in [3.05, 3.63) is 29.8 Å². The number of hydrogen-bond donors (Lipinski definition) is 3. The lowest BCUT2D eigenvalue weighted by atomic mass is 10.2.